The third kappa shape index (κ3) is 1.94. The summed E-state index contributed by atoms with van der Waals surface area (Å²) >= 11 is 0. The molecule has 1 aliphatic carbocycles. The summed E-state index contributed by atoms with van der Waals surface area (Å²) < 4.78 is 0. The summed E-state index contributed by atoms with van der Waals surface area (Å²) in [6, 6.07) is -0.146. The van der Waals surface area contributed by atoms with Crippen LogP contribution in [0.4, 0.5) is 0 Å². The molecule has 1 aliphatic heterocycles. The molecule has 0 radical (unpaired) electrons. The van der Waals surface area contributed by atoms with Gasteiger partial charge in [-0.15, -0.1) is 0 Å². The first-order valence-corrected chi connectivity index (χ1v) is 6.55. The molecule has 4 nitrogen and oxygen atoms in total. The van der Waals surface area contributed by atoms with Gasteiger partial charge in [-0.2, -0.15) is 0 Å². The lowest BCUT2D eigenvalue weighted by Gasteiger charge is -2.46. The van der Waals surface area contributed by atoms with Gasteiger partial charge in [0, 0.05) is 6.04 Å². The molecule has 4 heteroatoms. The van der Waals surface area contributed by atoms with Gasteiger partial charge in [0.2, 0.25) is 11.8 Å². The number of carbonyl (C=O) groups excluding carboxylic acids is 2. The zero-order valence-electron chi connectivity index (χ0n) is 11.1. The largest absolute Gasteiger partial charge is 0.340 e. The molecule has 0 aromatic rings. The molecule has 2 fully saturated rings. The Kier molecular flexibility index (Phi) is 2.92. The highest BCUT2D eigenvalue weighted by Gasteiger charge is 2.52. The maximum Gasteiger partial charge on any atom is 0.248 e. The van der Waals surface area contributed by atoms with Crippen LogP contribution in [-0.2, 0) is 9.59 Å². The molecule has 2 unspecified atom stereocenters. The third-order valence-electron chi connectivity index (χ3n) is 4.01. The zero-order chi connectivity index (χ0) is 12.8. The Hall–Kier alpha value is -1.06. The molecule has 2 aliphatic rings. The van der Waals surface area contributed by atoms with Gasteiger partial charge >= 0.3 is 0 Å². The fraction of sp³-hybridized carbons (Fsp3) is 0.846. The van der Waals surface area contributed by atoms with Crippen molar-refractivity contribution in [2.45, 2.75) is 64.6 Å². The van der Waals surface area contributed by atoms with E-state index >= 15 is 0 Å². The van der Waals surface area contributed by atoms with Crippen molar-refractivity contribution in [1.82, 2.24) is 10.2 Å². The van der Waals surface area contributed by atoms with Gasteiger partial charge in [0.25, 0.3) is 0 Å². The van der Waals surface area contributed by atoms with Crippen molar-refractivity contribution >= 4 is 11.8 Å². The van der Waals surface area contributed by atoms with E-state index < -0.39 is 5.54 Å². The fourth-order valence-electron chi connectivity index (χ4n) is 2.59. The number of amides is 2. The lowest BCUT2D eigenvalue weighted by atomic mass is 9.89. The van der Waals surface area contributed by atoms with Gasteiger partial charge in [0.05, 0.1) is 0 Å². The van der Waals surface area contributed by atoms with Gasteiger partial charge in [-0.1, -0.05) is 6.92 Å². The van der Waals surface area contributed by atoms with Crippen molar-refractivity contribution in [2.75, 3.05) is 0 Å². The van der Waals surface area contributed by atoms with Gasteiger partial charge in [-0.3, -0.25) is 9.59 Å². The minimum absolute atomic E-state index is 0.0325. The molecule has 0 bridgehead atoms. The van der Waals surface area contributed by atoms with E-state index in [2.05, 4.69) is 5.32 Å². The van der Waals surface area contributed by atoms with Crippen molar-refractivity contribution in [3.63, 3.8) is 0 Å². The normalized spacial score (nSPS) is 34.2. The minimum atomic E-state index is -0.716. The average Bonchev–Trinajstić information content (AvgIpc) is 3.06. The molecule has 0 aromatic heterocycles. The Balaban J connectivity index is 2.32. The van der Waals surface area contributed by atoms with Crippen LogP contribution in [0.2, 0.25) is 0 Å². The smallest absolute Gasteiger partial charge is 0.248 e. The van der Waals surface area contributed by atoms with Crippen molar-refractivity contribution in [3.05, 3.63) is 0 Å². The average molecular weight is 238 g/mol. The van der Waals surface area contributed by atoms with E-state index in [0.29, 0.717) is 12.3 Å². The number of hydrogen-bond donors (Lipinski definition) is 1. The van der Waals surface area contributed by atoms with Crippen LogP contribution in [-0.4, -0.2) is 34.3 Å². The van der Waals surface area contributed by atoms with Crippen molar-refractivity contribution in [3.8, 4) is 0 Å². The number of rotatable bonds is 3. The highest BCUT2D eigenvalue weighted by atomic mass is 16.2. The molecule has 0 spiro atoms. The second-order valence-electron chi connectivity index (χ2n) is 5.76. The van der Waals surface area contributed by atoms with Gasteiger partial charge in [-0.05, 0) is 46.0 Å². The van der Waals surface area contributed by atoms with E-state index in [0.717, 1.165) is 12.8 Å². The van der Waals surface area contributed by atoms with Gasteiger partial charge in [0.1, 0.15) is 11.6 Å². The molecule has 2 rings (SSSR count). The molecule has 2 amide bonds. The summed E-state index contributed by atoms with van der Waals surface area (Å²) in [5.74, 6) is 0.486. The Morgan fingerprint density at radius 2 is 2.00 bits per heavy atom. The molecule has 2 atom stereocenters. The van der Waals surface area contributed by atoms with Crippen LogP contribution < -0.4 is 5.32 Å². The fourth-order valence-corrected chi connectivity index (χ4v) is 2.59. The summed E-state index contributed by atoms with van der Waals surface area (Å²) in [6.45, 7) is 7.74. The molecule has 0 aromatic carbocycles. The third-order valence-corrected chi connectivity index (χ3v) is 4.01. The van der Waals surface area contributed by atoms with E-state index in [1.165, 1.54) is 0 Å². The SMILES string of the molecule is CCC1(C)NC(=O)C(C2CC2)N(C(C)C)C1=O. The highest BCUT2D eigenvalue weighted by Crippen LogP contribution is 2.39. The number of carbonyl (C=O) groups is 2. The Labute approximate surface area is 103 Å². The minimum Gasteiger partial charge on any atom is -0.340 e. The number of hydrogen-bond acceptors (Lipinski definition) is 2. The Morgan fingerprint density at radius 1 is 1.41 bits per heavy atom. The van der Waals surface area contributed by atoms with Gasteiger partial charge in [0.15, 0.2) is 0 Å². The van der Waals surface area contributed by atoms with Crippen LogP contribution in [0, 0.1) is 5.92 Å². The van der Waals surface area contributed by atoms with E-state index in [1.54, 1.807) is 4.90 Å². The standard InChI is InChI=1S/C13H22N2O2/c1-5-13(4)12(17)15(8(2)3)10(9-6-7-9)11(16)14-13/h8-10H,5-7H2,1-4H3,(H,14,16). The van der Waals surface area contributed by atoms with E-state index in [9.17, 15) is 9.59 Å². The molecule has 1 saturated carbocycles. The zero-order valence-corrected chi connectivity index (χ0v) is 11.1. The second-order valence-corrected chi connectivity index (χ2v) is 5.76. The van der Waals surface area contributed by atoms with E-state index in [1.807, 2.05) is 27.7 Å². The second kappa shape index (κ2) is 4.00. The highest BCUT2D eigenvalue weighted by molar-refractivity contribution is 6.00. The van der Waals surface area contributed by atoms with Crippen molar-refractivity contribution < 1.29 is 9.59 Å². The quantitative estimate of drug-likeness (QED) is 0.805. The van der Waals surface area contributed by atoms with Crippen LogP contribution in [0.25, 0.3) is 0 Å². The molecule has 1 N–H and O–H groups in total. The maximum atomic E-state index is 12.5. The van der Waals surface area contributed by atoms with Crippen LogP contribution in [0.15, 0.2) is 0 Å². The predicted octanol–water partition coefficient (Wildman–Crippen LogP) is 1.30. The summed E-state index contributed by atoms with van der Waals surface area (Å²) in [6.07, 6.45) is 2.77. The van der Waals surface area contributed by atoms with Crippen molar-refractivity contribution in [2.24, 2.45) is 5.92 Å². The van der Waals surface area contributed by atoms with Crippen LogP contribution >= 0.6 is 0 Å². The van der Waals surface area contributed by atoms with Gasteiger partial charge in [-0.25, -0.2) is 0 Å². The topological polar surface area (TPSA) is 49.4 Å². The summed E-state index contributed by atoms with van der Waals surface area (Å²) in [5, 5.41) is 2.92. The summed E-state index contributed by atoms with van der Waals surface area (Å²) in [5.41, 5.74) is -0.716. The molecule has 17 heavy (non-hydrogen) atoms. The lowest BCUT2D eigenvalue weighted by molar-refractivity contribution is -0.157. The molecule has 96 valence electrons. The number of piperazine rings is 1. The first-order valence-electron chi connectivity index (χ1n) is 6.55. The lowest BCUT2D eigenvalue weighted by Crippen LogP contribution is -2.70. The summed E-state index contributed by atoms with van der Waals surface area (Å²) in [4.78, 5) is 26.5. The van der Waals surface area contributed by atoms with Crippen LogP contribution in [0.5, 0.6) is 0 Å². The molecule has 1 saturated heterocycles. The van der Waals surface area contributed by atoms with E-state index in [4.69, 9.17) is 0 Å². The molecular formula is C13H22N2O2. The number of nitrogens with one attached hydrogen (secondary N) is 1. The maximum absolute atomic E-state index is 12.5. The van der Waals surface area contributed by atoms with Crippen LogP contribution in [0.1, 0.15) is 47.0 Å². The Morgan fingerprint density at radius 3 is 2.41 bits per heavy atom. The van der Waals surface area contributed by atoms with E-state index in [-0.39, 0.29) is 23.9 Å². The summed E-state index contributed by atoms with van der Waals surface area (Å²) in [7, 11) is 0. The van der Waals surface area contributed by atoms with Crippen molar-refractivity contribution in [1.29, 1.82) is 0 Å². The predicted molar refractivity (Wildman–Crippen MR) is 65.3 cm³/mol. The Bertz CT molecular complexity index is 349. The molecule has 1 heterocycles. The van der Waals surface area contributed by atoms with Gasteiger partial charge < -0.3 is 10.2 Å². The van der Waals surface area contributed by atoms with Crippen LogP contribution in [0.3, 0.4) is 0 Å². The molecular weight excluding hydrogens is 216 g/mol. The monoisotopic (exact) mass is 238 g/mol. The number of nitrogens with zero attached hydrogens (tertiary/aromatic N) is 1. The first kappa shape index (κ1) is 12.4. The first-order chi connectivity index (χ1) is 7.90.